The van der Waals surface area contributed by atoms with Gasteiger partial charge in [0.2, 0.25) is 0 Å². The van der Waals surface area contributed by atoms with Crippen LogP contribution in [0, 0.1) is 10.1 Å². The Hall–Kier alpha value is -4.33. The van der Waals surface area contributed by atoms with Crippen molar-refractivity contribution < 1.29 is 4.92 Å². The molecule has 29 heavy (non-hydrogen) atoms. The van der Waals surface area contributed by atoms with Crippen LogP contribution in [-0.2, 0) is 0 Å². The standard InChI is InChI=1S/C21H14N6O2/c28-27(29)15-9-10-17-18(12-15)24-21(23-17)16-13-26(19-8-4-5-11-22-19)25-20(16)14-6-2-1-3-7-14/h1-13H,(H,23,24). The molecule has 3 aromatic heterocycles. The van der Waals surface area contributed by atoms with E-state index in [1.54, 1.807) is 16.9 Å². The topological polar surface area (TPSA) is 103 Å². The van der Waals surface area contributed by atoms with Crippen molar-refractivity contribution in [3.05, 3.63) is 89.2 Å². The zero-order valence-electron chi connectivity index (χ0n) is 15.1. The number of pyridine rings is 1. The maximum absolute atomic E-state index is 11.1. The van der Waals surface area contributed by atoms with Crippen LogP contribution in [0.2, 0.25) is 0 Å². The lowest BCUT2D eigenvalue weighted by Crippen LogP contribution is -1.97. The van der Waals surface area contributed by atoms with Gasteiger partial charge in [0.15, 0.2) is 5.82 Å². The highest BCUT2D eigenvalue weighted by Crippen LogP contribution is 2.32. The first-order valence-corrected chi connectivity index (χ1v) is 8.90. The third-order valence-corrected chi connectivity index (χ3v) is 4.58. The van der Waals surface area contributed by atoms with Crippen molar-refractivity contribution in [3.8, 4) is 28.5 Å². The number of aromatic amines is 1. The summed E-state index contributed by atoms with van der Waals surface area (Å²) >= 11 is 0. The van der Waals surface area contributed by atoms with Crippen LogP contribution in [0.5, 0.6) is 0 Å². The second-order valence-electron chi connectivity index (χ2n) is 6.43. The Bertz CT molecular complexity index is 1330. The molecule has 0 aliphatic heterocycles. The van der Waals surface area contributed by atoms with Crippen LogP contribution in [-0.4, -0.2) is 29.7 Å². The highest BCUT2D eigenvalue weighted by Gasteiger charge is 2.18. The molecule has 8 nitrogen and oxygen atoms in total. The molecule has 3 heterocycles. The van der Waals surface area contributed by atoms with Crippen molar-refractivity contribution in [3.63, 3.8) is 0 Å². The summed E-state index contributed by atoms with van der Waals surface area (Å²) in [5.74, 6) is 1.27. The summed E-state index contributed by atoms with van der Waals surface area (Å²) < 4.78 is 1.70. The Labute approximate surface area is 164 Å². The Morgan fingerprint density at radius 2 is 1.83 bits per heavy atom. The van der Waals surface area contributed by atoms with Gasteiger partial charge in [-0.1, -0.05) is 36.4 Å². The first-order chi connectivity index (χ1) is 14.2. The average molecular weight is 382 g/mol. The van der Waals surface area contributed by atoms with Gasteiger partial charge in [-0.25, -0.2) is 14.6 Å². The molecule has 0 saturated carbocycles. The van der Waals surface area contributed by atoms with Crippen LogP contribution in [0.3, 0.4) is 0 Å². The normalized spacial score (nSPS) is 11.0. The number of hydrogen-bond acceptors (Lipinski definition) is 5. The van der Waals surface area contributed by atoms with Gasteiger partial charge in [-0.15, -0.1) is 0 Å². The molecule has 0 fully saturated rings. The van der Waals surface area contributed by atoms with E-state index in [9.17, 15) is 10.1 Å². The van der Waals surface area contributed by atoms with Crippen molar-refractivity contribution in [2.24, 2.45) is 0 Å². The van der Waals surface area contributed by atoms with E-state index in [1.807, 2.05) is 54.7 Å². The number of benzene rings is 2. The molecule has 5 aromatic rings. The van der Waals surface area contributed by atoms with Crippen molar-refractivity contribution in [2.45, 2.75) is 0 Å². The third-order valence-electron chi connectivity index (χ3n) is 4.58. The fraction of sp³-hybridized carbons (Fsp3) is 0. The van der Waals surface area contributed by atoms with E-state index in [0.717, 1.165) is 16.8 Å². The second kappa shape index (κ2) is 6.68. The van der Waals surface area contributed by atoms with Gasteiger partial charge < -0.3 is 4.98 Å². The predicted molar refractivity (Wildman–Crippen MR) is 109 cm³/mol. The SMILES string of the molecule is O=[N+]([O-])c1ccc2nc(-c3cn(-c4ccccn4)nc3-c3ccccc3)[nH]c2c1. The lowest BCUT2D eigenvalue weighted by molar-refractivity contribution is -0.384. The van der Waals surface area contributed by atoms with E-state index in [0.29, 0.717) is 22.7 Å². The molecular formula is C21H14N6O2. The number of nitro groups is 1. The fourth-order valence-electron chi connectivity index (χ4n) is 3.20. The zero-order valence-corrected chi connectivity index (χ0v) is 15.1. The number of H-pyrrole nitrogens is 1. The van der Waals surface area contributed by atoms with Crippen LogP contribution < -0.4 is 0 Å². The summed E-state index contributed by atoms with van der Waals surface area (Å²) in [6.45, 7) is 0. The molecule has 1 N–H and O–H groups in total. The Morgan fingerprint density at radius 1 is 1.00 bits per heavy atom. The molecule has 0 unspecified atom stereocenters. The largest absolute Gasteiger partial charge is 0.338 e. The summed E-state index contributed by atoms with van der Waals surface area (Å²) in [5, 5.41) is 15.8. The highest BCUT2D eigenvalue weighted by atomic mass is 16.6. The number of nitrogens with zero attached hydrogens (tertiary/aromatic N) is 5. The van der Waals surface area contributed by atoms with Crippen LogP contribution in [0.1, 0.15) is 0 Å². The maximum atomic E-state index is 11.1. The monoisotopic (exact) mass is 382 g/mol. The van der Waals surface area contributed by atoms with Gasteiger partial charge in [0, 0.05) is 30.1 Å². The van der Waals surface area contributed by atoms with Gasteiger partial charge in [-0.3, -0.25) is 10.1 Å². The molecule has 0 atom stereocenters. The molecule has 0 saturated heterocycles. The minimum absolute atomic E-state index is 0.0140. The third kappa shape index (κ3) is 3.02. The first-order valence-electron chi connectivity index (χ1n) is 8.90. The lowest BCUT2D eigenvalue weighted by atomic mass is 10.1. The smallest absolute Gasteiger partial charge is 0.271 e. The number of aromatic nitrogens is 5. The van der Waals surface area contributed by atoms with E-state index in [1.165, 1.54) is 12.1 Å². The van der Waals surface area contributed by atoms with E-state index < -0.39 is 4.92 Å². The summed E-state index contributed by atoms with van der Waals surface area (Å²) in [4.78, 5) is 22.8. The number of non-ortho nitro benzene ring substituents is 1. The number of nitrogens with one attached hydrogen (secondary N) is 1. The van der Waals surface area contributed by atoms with Crippen LogP contribution in [0.25, 0.3) is 39.5 Å². The molecule has 0 amide bonds. The summed E-state index contributed by atoms with van der Waals surface area (Å²) in [6.07, 6.45) is 3.57. The Balaban J connectivity index is 1.70. The number of imidazole rings is 1. The second-order valence-corrected chi connectivity index (χ2v) is 6.43. The van der Waals surface area contributed by atoms with Crippen molar-refractivity contribution in [1.82, 2.24) is 24.7 Å². The van der Waals surface area contributed by atoms with E-state index in [-0.39, 0.29) is 5.69 Å². The molecule has 0 aliphatic rings. The molecular weight excluding hydrogens is 368 g/mol. The molecule has 0 radical (unpaired) electrons. The van der Waals surface area contributed by atoms with Crippen LogP contribution >= 0.6 is 0 Å². The number of rotatable bonds is 4. The van der Waals surface area contributed by atoms with Crippen molar-refractivity contribution in [2.75, 3.05) is 0 Å². The quantitative estimate of drug-likeness (QED) is 0.367. The molecule has 140 valence electrons. The minimum Gasteiger partial charge on any atom is -0.338 e. The van der Waals surface area contributed by atoms with E-state index >= 15 is 0 Å². The summed E-state index contributed by atoms with van der Waals surface area (Å²) in [5.41, 5.74) is 3.71. The highest BCUT2D eigenvalue weighted by molar-refractivity contribution is 5.85. The van der Waals surface area contributed by atoms with E-state index in [2.05, 4.69) is 15.0 Å². The number of nitro benzene ring substituents is 1. The fourth-order valence-corrected chi connectivity index (χ4v) is 3.20. The number of fused-ring (bicyclic) bond motifs is 1. The lowest BCUT2D eigenvalue weighted by Gasteiger charge is -1.99. The predicted octanol–water partition coefficient (Wildman–Crippen LogP) is 4.39. The van der Waals surface area contributed by atoms with Gasteiger partial charge in [0.1, 0.15) is 11.5 Å². The van der Waals surface area contributed by atoms with Crippen molar-refractivity contribution in [1.29, 1.82) is 0 Å². The Morgan fingerprint density at radius 3 is 2.59 bits per heavy atom. The number of hydrogen-bond donors (Lipinski definition) is 1. The molecule has 8 heteroatoms. The molecule has 0 aliphatic carbocycles. The summed E-state index contributed by atoms with van der Waals surface area (Å²) in [6, 6.07) is 20.0. The minimum atomic E-state index is -0.422. The zero-order chi connectivity index (χ0) is 19.8. The van der Waals surface area contributed by atoms with E-state index in [4.69, 9.17) is 5.10 Å². The maximum Gasteiger partial charge on any atom is 0.271 e. The van der Waals surface area contributed by atoms with Crippen LogP contribution in [0.4, 0.5) is 5.69 Å². The molecule has 0 bridgehead atoms. The molecule has 2 aromatic carbocycles. The van der Waals surface area contributed by atoms with Gasteiger partial charge in [0.05, 0.1) is 21.5 Å². The van der Waals surface area contributed by atoms with Crippen LogP contribution in [0.15, 0.2) is 79.1 Å². The summed E-state index contributed by atoms with van der Waals surface area (Å²) in [7, 11) is 0. The molecule has 5 rings (SSSR count). The van der Waals surface area contributed by atoms with Gasteiger partial charge >= 0.3 is 0 Å². The average Bonchev–Trinajstić information content (AvgIpc) is 3.39. The van der Waals surface area contributed by atoms with Gasteiger partial charge in [0.25, 0.3) is 5.69 Å². The Kier molecular flexibility index (Phi) is 3.87. The first kappa shape index (κ1) is 16.8. The van der Waals surface area contributed by atoms with Crippen molar-refractivity contribution >= 4 is 16.7 Å². The van der Waals surface area contributed by atoms with Gasteiger partial charge in [-0.05, 0) is 18.2 Å². The molecule has 0 spiro atoms. The van der Waals surface area contributed by atoms with Gasteiger partial charge in [-0.2, -0.15) is 5.10 Å².